The Balaban J connectivity index is 1.65. The molecule has 0 radical (unpaired) electrons. The summed E-state index contributed by atoms with van der Waals surface area (Å²) in [5.41, 5.74) is 1.28. The Morgan fingerprint density at radius 2 is 2.00 bits per heavy atom. The molecule has 108 valence electrons. The van der Waals surface area contributed by atoms with E-state index in [-0.39, 0.29) is 11.9 Å². The number of ether oxygens (including phenoxy) is 1. The standard InChI is InChI=1S/C17H23NO2/c1-2-20-17(19)15-13-8-9-14(10-13)16(15)18-11-12-6-4-3-5-7-12/h3-7,13-16,18H,2,8-11H2,1H3/t13-,14+,15?,16?/m1/s1. The number of hydrogen-bond acceptors (Lipinski definition) is 3. The van der Waals surface area contributed by atoms with Gasteiger partial charge in [0.25, 0.3) is 0 Å². The van der Waals surface area contributed by atoms with Gasteiger partial charge in [-0.25, -0.2) is 0 Å². The molecule has 2 saturated carbocycles. The largest absolute Gasteiger partial charge is 0.466 e. The molecular formula is C17H23NO2. The third-order valence-electron chi connectivity index (χ3n) is 4.86. The molecule has 20 heavy (non-hydrogen) atoms. The van der Waals surface area contributed by atoms with E-state index in [1.807, 2.05) is 13.0 Å². The van der Waals surface area contributed by atoms with Crippen molar-refractivity contribution in [1.29, 1.82) is 0 Å². The van der Waals surface area contributed by atoms with Crippen molar-refractivity contribution in [1.82, 2.24) is 5.32 Å². The van der Waals surface area contributed by atoms with Crippen molar-refractivity contribution >= 4 is 5.97 Å². The molecule has 1 aromatic carbocycles. The summed E-state index contributed by atoms with van der Waals surface area (Å²) < 4.78 is 5.28. The summed E-state index contributed by atoms with van der Waals surface area (Å²) in [6.45, 7) is 3.21. The van der Waals surface area contributed by atoms with E-state index < -0.39 is 0 Å². The van der Waals surface area contributed by atoms with Crippen LogP contribution in [0.2, 0.25) is 0 Å². The molecule has 2 unspecified atom stereocenters. The molecule has 2 bridgehead atoms. The quantitative estimate of drug-likeness (QED) is 0.838. The number of carbonyl (C=O) groups excluding carboxylic acids is 1. The zero-order valence-electron chi connectivity index (χ0n) is 12.0. The lowest BCUT2D eigenvalue weighted by molar-refractivity contribution is -0.150. The van der Waals surface area contributed by atoms with Gasteiger partial charge in [0.05, 0.1) is 12.5 Å². The first-order valence-electron chi connectivity index (χ1n) is 7.73. The highest BCUT2D eigenvalue weighted by Gasteiger charge is 2.51. The summed E-state index contributed by atoms with van der Waals surface area (Å²) in [5.74, 6) is 1.26. The summed E-state index contributed by atoms with van der Waals surface area (Å²) in [6, 6.07) is 10.7. The van der Waals surface area contributed by atoms with Crippen LogP contribution in [-0.4, -0.2) is 18.6 Å². The Labute approximate surface area is 120 Å². The topological polar surface area (TPSA) is 38.3 Å². The molecule has 2 aliphatic rings. The zero-order valence-corrected chi connectivity index (χ0v) is 12.0. The van der Waals surface area contributed by atoms with Gasteiger partial charge in [-0.05, 0) is 43.6 Å². The minimum Gasteiger partial charge on any atom is -0.466 e. The lowest BCUT2D eigenvalue weighted by atomic mass is 9.84. The highest BCUT2D eigenvalue weighted by Crippen LogP contribution is 2.49. The van der Waals surface area contributed by atoms with E-state index in [0.29, 0.717) is 24.5 Å². The molecule has 2 aliphatic carbocycles. The van der Waals surface area contributed by atoms with Crippen LogP contribution < -0.4 is 5.32 Å². The van der Waals surface area contributed by atoms with Gasteiger partial charge in [-0.1, -0.05) is 30.3 Å². The average Bonchev–Trinajstić information content (AvgIpc) is 3.07. The Kier molecular flexibility index (Phi) is 4.06. The summed E-state index contributed by atoms with van der Waals surface area (Å²) >= 11 is 0. The van der Waals surface area contributed by atoms with Crippen LogP contribution in [0.25, 0.3) is 0 Å². The predicted octanol–water partition coefficient (Wildman–Crippen LogP) is 2.75. The maximum absolute atomic E-state index is 12.2. The van der Waals surface area contributed by atoms with Crippen LogP contribution in [0.1, 0.15) is 31.7 Å². The fourth-order valence-electron chi connectivity index (χ4n) is 3.99. The first kappa shape index (κ1) is 13.6. The number of benzene rings is 1. The molecular weight excluding hydrogens is 250 g/mol. The minimum absolute atomic E-state index is 0.00487. The van der Waals surface area contributed by atoms with Gasteiger partial charge in [0.15, 0.2) is 0 Å². The van der Waals surface area contributed by atoms with Crippen molar-refractivity contribution in [3.63, 3.8) is 0 Å². The molecule has 0 spiro atoms. The third-order valence-corrected chi connectivity index (χ3v) is 4.86. The van der Waals surface area contributed by atoms with Gasteiger partial charge in [0.1, 0.15) is 0 Å². The number of rotatable bonds is 5. The zero-order chi connectivity index (χ0) is 13.9. The molecule has 3 rings (SSSR count). The highest BCUT2D eigenvalue weighted by molar-refractivity contribution is 5.74. The van der Waals surface area contributed by atoms with Gasteiger partial charge in [0, 0.05) is 12.6 Å². The van der Waals surface area contributed by atoms with Crippen molar-refractivity contribution in [2.75, 3.05) is 6.61 Å². The normalized spacial score (nSPS) is 31.4. The van der Waals surface area contributed by atoms with E-state index in [1.165, 1.54) is 24.8 Å². The molecule has 0 aromatic heterocycles. The molecule has 3 nitrogen and oxygen atoms in total. The van der Waals surface area contributed by atoms with Gasteiger partial charge in [-0.2, -0.15) is 0 Å². The molecule has 1 N–H and O–H groups in total. The lowest BCUT2D eigenvalue weighted by Gasteiger charge is -2.30. The average molecular weight is 273 g/mol. The highest BCUT2D eigenvalue weighted by atomic mass is 16.5. The van der Waals surface area contributed by atoms with Crippen LogP contribution in [0, 0.1) is 17.8 Å². The van der Waals surface area contributed by atoms with E-state index in [0.717, 1.165) is 6.54 Å². The minimum atomic E-state index is 0.00487. The van der Waals surface area contributed by atoms with E-state index in [4.69, 9.17) is 4.74 Å². The van der Waals surface area contributed by atoms with Crippen molar-refractivity contribution in [3.05, 3.63) is 35.9 Å². The molecule has 0 saturated heterocycles. The van der Waals surface area contributed by atoms with Crippen molar-refractivity contribution in [3.8, 4) is 0 Å². The summed E-state index contributed by atoms with van der Waals surface area (Å²) in [6.07, 6.45) is 3.64. The lowest BCUT2D eigenvalue weighted by Crippen LogP contribution is -2.44. The molecule has 2 fully saturated rings. The predicted molar refractivity (Wildman–Crippen MR) is 78.0 cm³/mol. The number of hydrogen-bond donors (Lipinski definition) is 1. The van der Waals surface area contributed by atoms with Gasteiger partial charge < -0.3 is 10.1 Å². The summed E-state index contributed by atoms with van der Waals surface area (Å²) in [7, 11) is 0. The third kappa shape index (κ3) is 2.59. The fourth-order valence-corrected chi connectivity index (χ4v) is 3.99. The molecule has 0 amide bonds. The van der Waals surface area contributed by atoms with Gasteiger partial charge in [0.2, 0.25) is 0 Å². The van der Waals surface area contributed by atoms with Crippen LogP contribution in [0.5, 0.6) is 0 Å². The number of nitrogens with one attached hydrogen (secondary N) is 1. The summed E-state index contributed by atoms with van der Waals surface area (Å²) in [5, 5.41) is 3.62. The van der Waals surface area contributed by atoms with Crippen LogP contribution in [0.15, 0.2) is 30.3 Å². The second-order valence-electron chi connectivity index (χ2n) is 6.00. The first-order chi connectivity index (χ1) is 9.79. The molecule has 3 heteroatoms. The monoisotopic (exact) mass is 273 g/mol. The Morgan fingerprint density at radius 3 is 2.75 bits per heavy atom. The van der Waals surface area contributed by atoms with Gasteiger partial charge >= 0.3 is 5.97 Å². The van der Waals surface area contributed by atoms with E-state index in [9.17, 15) is 4.79 Å². The Hall–Kier alpha value is -1.35. The number of esters is 1. The first-order valence-corrected chi connectivity index (χ1v) is 7.73. The second kappa shape index (κ2) is 5.96. The molecule has 1 aromatic rings. The molecule has 4 atom stereocenters. The van der Waals surface area contributed by atoms with E-state index >= 15 is 0 Å². The van der Waals surface area contributed by atoms with Crippen molar-refractivity contribution < 1.29 is 9.53 Å². The smallest absolute Gasteiger partial charge is 0.310 e. The van der Waals surface area contributed by atoms with Gasteiger partial charge in [-0.15, -0.1) is 0 Å². The molecule has 0 heterocycles. The van der Waals surface area contributed by atoms with Crippen molar-refractivity contribution in [2.45, 2.75) is 38.8 Å². The fraction of sp³-hybridized carbons (Fsp3) is 0.588. The van der Waals surface area contributed by atoms with E-state index in [1.54, 1.807) is 0 Å². The van der Waals surface area contributed by atoms with Crippen LogP contribution in [0.4, 0.5) is 0 Å². The second-order valence-corrected chi connectivity index (χ2v) is 6.00. The van der Waals surface area contributed by atoms with Crippen LogP contribution in [0.3, 0.4) is 0 Å². The van der Waals surface area contributed by atoms with Crippen molar-refractivity contribution in [2.24, 2.45) is 17.8 Å². The Bertz CT molecular complexity index is 459. The maximum atomic E-state index is 12.2. The SMILES string of the molecule is CCOC(=O)C1C(NCc2ccccc2)[C@H]2CC[C@@H]1C2. The molecule has 0 aliphatic heterocycles. The summed E-state index contributed by atoms with van der Waals surface area (Å²) in [4.78, 5) is 12.2. The Morgan fingerprint density at radius 1 is 1.25 bits per heavy atom. The van der Waals surface area contributed by atoms with Gasteiger partial charge in [-0.3, -0.25) is 4.79 Å². The van der Waals surface area contributed by atoms with Crippen LogP contribution >= 0.6 is 0 Å². The van der Waals surface area contributed by atoms with E-state index in [2.05, 4.69) is 29.6 Å². The van der Waals surface area contributed by atoms with Crippen LogP contribution in [-0.2, 0) is 16.1 Å². The number of fused-ring (bicyclic) bond motifs is 2. The number of carbonyl (C=O) groups is 1. The maximum Gasteiger partial charge on any atom is 0.310 e.